The van der Waals surface area contributed by atoms with Crippen LogP contribution >= 0.6 is 0 Å². The minimum Gasteiger partial charge on any atom is -0.489 e. The second-order valence-corrected chi connectivity index (χ2v) is 39.5. The summed E-state index contributed by atoms with van der Waals surface area (Å²) in [5, 5.41) is 52.1. The zero-order valence-electron chi connectivity index (χ0n) is 84.7. The molecule has 0 radical (unpaired) electrons. The molecule has 0 spiro atoms. The van der Waals surface area contributed by atoms with Gasteiger partial charge in [0, 0.05) is 129 Å². The summed E-state index contributed by atoms with van der Waals surface area (Å²) in [5.74, 6) is 9.18. The molecule has 0 saturated carbocycles. The fourth-order valence-electron chi connectivity index (χ4n) is 24.5. The van der Waals surface area contributed by atoms with Gasteiger partial charge in [-0.15, -0.1) is 0 Å². The summed E-state index contributed by atoms with van der Waals surface area (Å²) >= 11 is 0. The lowest BCUT2D eigenvalue weighted by Crippen LogP contribution is -2.04. The van der Waals surface area contributed by atoms with Crippen molar-refractivity contribution in [1.29, 1.82) is 0 Å². The Morgan fingerprint density at radius 1 is 0.0972 bits per heavy atom. The molecule has 0 aromatic heterocycles. The fourth-order valence-corrected chi connectivity index (χ4v) is 24.5. The number of rotatable bonds is 36. The predicted octanol–water partition coefficient (Wildman–Crippen LogP) is 34.6. The van der Waals surface area contributed by atoms with Crippen molar-refractivity contribution in [1.82, 2.24) is 0 Å². The smallest absolute Gasteiger partial charge is 0.169 e. The van der Waals surface area contributed by atoms with Crippen molar-refractivity contribution in [2.75, 3.05) is 79.3 Å². The van der Waals surface area contributed by atoms with Gasteiger partial charge in [0.1, 0.15) is 0 Å². The van der Waals surface area contributed by atoms with Gasteiger partial charge in [-0.05, 0) is 277 Å². The molecule has 1 aliphatic rings. The van der Waals surface area contributed by atoms with Crippen LogP contribution < -0.4 is 56.8 Å². The lowest BCUT2D eigenvalue weighted by Gasteiger charge is -2.22. The van der Waals surface area contributed by atoms with Crippen LogP contribution in [0.15, 0.2) is 218 Å². The molecule has 24 aromatic rings. The number of ether oxygens (including phenoxy) is 12. The summed E-state index contributed by atoms with van der Waals surface area (Å²) in [5.41, 5.74) is 0. The Morgan fingerprint density at radius 2 is 0.167 bits per heavy atom. The van der Waals surface area contributed by atoms with Crippen LogP contribution in [0.2, 0.25) is 0 Å². The first kappa shape index (κ1) is 90.4. The normalized spacial score (nSPS) is 12.4. The molecule has 0 heterocycles. The van der Waals surface area contributed by atoms with Gasteiger partial charge in [-0.25, -0.2) is 0 Å². The van der Waals surface area contributed by atoms with Gasteiger partial charge >= 0.3 is 0 Å². The molecule has 144 heavy (non-hydrogen) atoms. The van der Waals surface area contributed by atoms with Crippen LogP contribution in [-0.4, -0.2) is 79.3 Å². The van der Waals surface area contributed by atoms with Crippen LogP contribution in [-0.2, 0) is 0 Å². The lowest BCUT2D eigenvalue weighted by atomic mass is 9.86. The van der Waals surface area contributed by atoms with Crippen LogP contribution in [0.25, 0.3) is 194 Å². The topological polar surface area (TPSA) is 111 Å². The highest BCUT2D eigenvalue weighted by Crippen LogP contribution is 2.58. The Morgan fingerprint density at radius 3 is 0.236 bits per heavy atom. The maximum absolute atomic E-state index is 7.15. The second kappa shape index (κ2) is 36.8. The Bertz CT molecular complexity index is 7960. The summed E-state index contributed by atoms with van der Waals surface area (Å²) in [6.07, 6.45) is 9.83. The Labute approximate surface area is 834 Å². The molecule has 0 unspecified atom stereocenters. The average Bonchev–Trinajstić information content (AvgIpc) is 0.693. The van der Waals surface area contributed by atoms with Gasteiger partial charge in [-0.2, -0.15) is 0 Å². The van der Waals surface area contributed by atoms with Crippen molar-refractivity contribution in [2.45, 2.75) is 160 Å². The van der Waals surface area contributed by atoms with Crippen molar-refractivity contribution in [3.8, 4) is 69.0 Å². The molecule has 1 aliphatic carbocycles. The van der Waals surface area contributed by atoms with E-state index >= 15 is 0 Å². The quantitative estimate of drug-likeness (QED) is 0.0349. The third-order valence-corrected chi connectivity index (χ3v) is 30.3. The van der Waals surface area contributed by atoms with E-state index in [1.807, 2.05) is 0 Å². The van der Waals surface area contributed by atoms with Crippen molar-refractivity contribution >= 4 is 194 Å². The van der Waals surface area contributed by atoms with E-state index in [1.165, 1.54) is 0 Å². The Balaban J connectivity index is 0.918. The minimum atomic E-state index is 0.516. The molecule has 0 N–H and O–H groups in total. The van der Waals surface area contributed by atoms with Crippen molar-refractivity contribution in [3.63, 3.8) is 0 Å². The largest absolute Gasteiger partial charge is 0.489 e. The van der Waals surface area contributed by atoms with E-state index in [0.29, 0.717) is 79.3 Å². The number of benzene rings is 24. The summed E-state index contributed by atoms with van der Waals surface area (Å²) < 4.78 is 85.8. The van der Waals surface area contributed by atoms with Gasteiger partial charge in [0.05, 0.1) is 79.3 Å². The molecule has 720 valence electrons. The van der Waals surface area contributed by atoms with E-state index in [9.17, 15) is 0 Å². The molecule has 25 rings (SSSR count). The molecule has 12 heteroatoms. The highest BCUT2D eigenvalue weighted by atomic mass is 16.5. The summed E-state index contributed by atoms with van der Waals surface area (Å²) in [7, 11) is 0. The zero-order chi connectivity index (χ0) is 97.6. The third kappa shape index (κ3) is 13.5. The van der Waals surface area contributed by atoms with Gasteiger partial charge < -0.3 is 56.8 Å². The minimum absolute atomic E-state index is 0.516. The van der Waals surface area contributed by atoms with Crippen molar-refractivity contribution in [2.24, 2.45) is 0 Å². The van der Waals surface area contributed by atoms with Gasteiger partial charge in [-0.3, -0.25) is 0 Å². The lowest BCUT2D eigenvalue weighted by molar-refractivity contribution is 0.274. The second-order valence-electron chi connectivity index (χ2n) is 39.5. The first-order valence-electron chi connectivity index (χ1n) is 53.3. The number of hydrogen-bond acceptors (Lipinski definition) is 12. The fraction of sp³-hybridized carbons (Fsp3) is 0.273. The molecular weight excluding hydrogens is 1780 g/mol. The van der Waals surface area contributed by atoms with Crippen LogP contribution in [0.3, 0.4) is 0 Å². The summed E-state index contributed by atoms with van der Waals surface area (Å²) in [6.45, 7) is 32.4. The van der Waals surface area contributed by atoms with Gasteiger partial charge in [0.25, 0.3) is 0 Å². The number of hydrogen-bond donors (Lipinski definition) is 0. The van der Waals surface area contributed by atoms with E-state index in [1.54, 1.807) is 0 Å². The molecule has 0 aliphatic heterocycles. The average molecular weight is 1900 g/mol. The molecular formula is C132H120O12. The first-order valence-corrected chi connectivity index (χ1v) is 53.3. The van der Waals surface area contributed by atoms with Crippen LogP contribution in [0.1, 0.15) is 160 Å². The van der Waals surface area contributed by atoms with Gasteiger partial charge in [0.15, 0.2) is 69.0 Å². The highest BCUT2D eigenvalue weighted by molar-refractivity contribution is 6.34. The molecule has 12 nitrogen and oxygen atoms in total. The molecule has 0 saturated heterocycles. The molecule has 0 fully saturated rings. The first-order chi connectivity index (χ1) is 71.1. The Kier molecular flexibility index (Phi) is 23.1. The molecule has 0 amide bonds. The third-order valence-electron chi connectivity index (χ3n) is 30.3. The monoisotopic (exact) mass is 1900 g/mol. The molecule has 24 aromatic carbocycles. The SMILES string of the molecule is CCCOc1c(OCCC)c2ccc3c4ccc5c(ccc1c5c24)=c1ccc2c(OCCC)c(OCCC)c4ccc(c5ccc1c2c45)=c1ccc2c(OCCC)c(OCCC)c4ccc(c5ccc1c2c45)=c1ccc2c(OCCC)c(OCCC)c4ccc(c5ccc1c2c45)=c1ccc2c(OCCC)c(OCCC)c4ccc(c5ccc1c2c45)=c1ccc2c(OCCC)c(OCCC)c4ccc=3c3ccc1c2c43. The van der Waals surface area contributed by atoms with E-state index in [0.717, 1.165) is 403 Å². The zero-order valence-corrected chi connectivity index (χ0v) is 84.7. The summed E-state index contributed by atoms with van der Waals surface area (Å²) in [4.78, 5) is 0. The van der Waals surface area contributed by atoms with Crippen molar-refractivity contribution in [3.05, 3.63) is 281 Å². The molecule has 0 atom stereocenters. The standard InChI is InChI=1S/C132H120O12/c1-13-61-133-121-97-49-25-73-75-27-51-99-111-87(75)39-40-89-77(29-53-101(113(89)111)125(137-65-17-5)123(99)135-63-15-3)78-31-55-103-115-91(78)43-44-93-81(33-57-105(117(93)115)129(141-69-21-9)127(103)139-67-19-7)82-35-59-107-119-95(82)47-48-96-84(36-60-108(120(96)119)132(144-72-24-12)131(107)143-71-23-11)83-34-58-106-118-94(83)46-45-92-80(32-56-104(116(92)118)128(140-68-20-8)130(106)142-70-22-10)79-30-54-102-114-90(79)42-41-88-76(28-52-100(112(88)114)124(136-64-16-4)126(102)138-66-18-6)74-26-50-98(122(121)134-62-14-2)110-86(74)38-37-85(73)109(97)110/h25-60H,13-24,61-72H2,1-12H3. The highest BCUT2D eigenvalue weighted by Gasteiger charge is 2.32. The van der Waals surface area contributed by atoms with Crippen LogP contribution in [0.5, 0.6) is 69.0 Å². The van der Waals surface area contributed by atoms with Crippen molar-refractivity contribution < 1.29 is 56.8 Å². The van der Waals surface area contributed by atoms with Crippen LogP contribution in [0, 0.1) is 62.6 Å². The van der Waals surface area contributed by atoms with E-state index in [2.05, 4.69) is 301 Å². The van der Waals surface area contributed by atoms with E-state index < -0.39 is 0 Å². The maximum atomic E-state index is 7.15. The van der Waals surface area contributed by atoms with Gasteiger partial charge in [-0.1, -0.05) is 229 Å². The van der Waals surface area contributed by atoms with E-state index in [4.69, 9.17) is 56.8 Å². The Hall–Kier alpha value is -14.9. The summed E-state index contributed by atoms with van der Waals surface area (Å²) in [6, 6.07) is 84.7. The predicted molar refractivity (Wildman–Crippen MR) is 596 cm³/mol. The molecule has 36 bridgehead atoms. The van der Waals surface area contributed by atoms with E-state index in [-0.39, 0.29) is 0 Å². The van der Waals surface area contributed by atoms with Gasteiger partial charge in [0.2, 0.25) is 0 Å². The van der Waals surface area contributed by atoms with Crippen LogP contribution in [0.4, 0.5) is 0 Å². The maximum Gasteiger partial charge on any atom is 0.169 e.